The third kappa shape index (κ3) is 3.92. The van der Waals surface area contributed by atoms with Gasteiger partial charge in [0.2, 0.25) is 0 Å². The van der Waals surface area contributed by atoms with Gasteiger partial charge in [0.25, 0.3) is 0 Å². The van der Waals surface area contributed by atoms with Crippen LogP contribution in [0.4, 0.5) is 5.69 Å². The third-order valence-corrected chi connectivity index (χ3v) is 2.77. The van der Waals surface area contributed by atoms with Crippen LogP contribution in [0, 0.1) is 0 Å². The molecule has 0 saturated heterocycles. The van der Waals surface area contributed by atoms with Gasteiger partial charge in [-0.1, -0.05) is 25.1 Å². The number of hydrogen-bond donors (Lipinski definition) is 1. The average molecular weight is 207 g/mol. The number of benzene rings is 1. The van der Waals surface area contributed by atoms with Crippen molar-refractivity contribution in [3.05, 3.63) is 29.8 Å². The Morgan fingerprint density at radius 3 is 2.53 bits per heavy atom. The van der Waals surface area contributed by atoms with Gasteiger partial charge in [-0.3, -0.25) is 0 Å². The third-order valence-electron chi connectivity index (χ3n) is 2.77. The van der Waals surface area contributed by atoms with Crippen molar-refractivity contribution in [1.82, 2.24) is 0 Å². The van der Waals surface area contributed by atoms with Gasteiger partial charge in [-0.25, -0.2) is 0 Å². The number of ether oxygens (including phenoxy) is 1. The maximum atomic E-state index is 5.85. The summed E-state index contributed by atoms with van der Waals surface area (Å²) in [5, 5.41) is 0. The van der Waals surface area contributed by atoms with Gasteiger partial charge in [-0.2, -0.15) is 0 Å². The predicted octanol–water partition coefficient (Wildman–Crippen LogP) is 3.02. The van der Waals surface area contributed by atoms with Crippen molar-refractivity contribution in [3.8, 4) is 0 Å². The van der Waals surface area contributed by atoms with Crippen LogP contribution in [0.5, 0.6) is 0 Å². The monoisotopic (exact) mass is 207 g/mol. The largest absolute Gasteiger partial charge is 0.399 e. The van der Waals surface area contributed by atoms with Crippen LogP contribution < -0.4 is 5.73 Å². The van der Waals surface area contributed by atoms with E-state index in [0.29, 0.717) is 0 Å². The Kier molecular flexibility index (Phi) is 4.15. The number of rotatable bonds is 5. The van der Waals surface area contributed by atoms with Crippen molar-refractivity contribution < 1.29 is 4.74 Å². The van der Waals surface area contributed by atoms with Crippen molar-refractivity contribution in [2.24, 2.45) is 0 Å². The highest BCUT2D eigenvalue weighted by Gasteiger charge is 2.14. The van der Waals surface area contributed by atoms with E-state index < -0.39 is 0 Å². The molecule has 0 unspecified atom stereocenters. The Morgan fingerprint density at radius 2 is 1.93 bits per heavy atom. The van der Waals surface area contributed by atoms with Crippen molar-refractivity contribution in [2.45, 2.75) is 39.2 Å². The van der Waals surface area contributed by atoms with Gasteiger partial charge in [0.1, 0.15) is 0 Å². The van der Waals surface area contributed by atoms with Crippen LogP contribution in [0.2, 0.25) is 0 Å². The van der Waals surface area contributed by atoms with Gasteiger partial charge in [0.05, 0.1) is 12.2 Å². The maximum Gasteiger partial charge on any atom is 0.0624 e. The molecule has 1 aromatic rings. The molecule has 2 heteroatoms. The highest BCUT2D eigenvalue weighted by Crippen LogP contribution is 2.16. The summed E-state index contributed by atoms with van der Waals surface area (Å²) < 4.78 is 5.78. The fraction of sp³-hybridized carbons (Fsp3) is 0.538. The zero-order valence-corrected chi connectivity index (χ0v) is 9.92. The molecular weight excluding hydrogens is 186 g/mol. The standard InChI is InChI=1S/C13H21NO/c1-4-13(2,3)15-10-9-11-7-5-6-8-12(11)14/h5-8H,4,9-10,14H2,1-3H3. The summed E-state index contributed by atoms with van der Waals surface area (Å²) in [7, 11) is 0. The first kappa shape index (κ1) is 12.1. The molecule has 0 aliphatic rings. The second-order valence-corrected chi connectivity index (χ2v) is 4.41. The number of nitrogens with two attached hydrogens (primary N) is 1. The second-order valence-electron chi connectivity index (χ2n) is 4.41. The summed E-state index contributed by atoms with van der Waals surface area (Å²) in [4.78, 5) is 0. The minimum Gasteiger partial charge on any atom is -0.399 e. The van der Waals surface area contributed by atoms with E-state index in [0.717, 1.165) is 25.1 Å². The molecule has 1 aromatic carbocycles. The van der Waals surface area contributed by atoms with E-state index in [9.17, 15) is 0 Å². The van der Waals surface area contributed by atoms with Gasteiger partial charge in [0.15, 0.2) is 0 Å². The first-order valence-electron chi connectivity index (χ1n) is 5.52. The highest BCUT2D eigenvalue weighted by atomic mass is 16.5. The Balaban J connectivity index is 2.42. The Morgan fingerprint density at radius 1 is 1.27 bits per heavy atom. The molecule has 15 heavy (non-hydrogen) atoms. The summed E-state index contributed by atoms with van der Waals surface area (Å²) >= 11 is 0. The van der Waals surface area contributed by atoms with Crippen LogP contribution in [0.3, 0.4) is 0 Å². The number of nitrogen functional groups attached to an aromatic ring is 1. The summed E-state index contributed by atoms with van der Waals surface area (Å²) in [5.74, 6) is 0. The fourth-order valence-corrected chi connectivity index (χ4v) is 1.30. The number of anilines is 1. The van der Waals surface area contributed by atoms with E-state index in [4.69, 9.17) is 10.5 Å². The van der Waals surface area contributed by atoms with E-state index in [2.05, 4.69) is 26.8 Å². The highest BCUT2D eigenvalue weighted by molar-refractivity contribution is 5.46. The molecule has 0 aromatic heterocycles. The van der Waals surface area contributed by atoms with Crippen LogP contribution in [0.1, 0.15) is 32.8 Å². The van der Waals surface area contributed by atoms with E-state index in [-0.39, 0.29) is 5.60 Å². The first-order chi connectivity index (χ1) is 7.05. The first-order valence-corrected chi connectivity index (χ1v) is 5.52. The van der Waals surface area contributed by atoms with Crippen LogP contribution in [-0.2, 0) is 11.2 Å². The predicted molar refractivity (Wildman–Crippen MR) is 64.9 cm³/mol. The topological polar surface area (TPSA) is 35.2 Å². The molecule has 0 heterocycles. The Labute approximate surface area is 92.4 Å². The van der Waals surface area contributed by atoms with Crippen LogP contribution in [-0.4, -0.2) is 12.2 Å². The Hall–Kier alpha value is -1.02. The van der Waals surface area contributed by atoms with Crippen molar-refractivity contribution >= 4 is 5.69 Å². The van der Waals surface area contributed by atoms with Crippen molar-refractivity contribution in [3.63, 3.8) is 0 Å². The molecule has 0 amide bonds. The normalized spacial score (nSPS) is 11.7. The summed E-state index contributed by atoms with van der Waals surface area (Å²) in [6, 6.07) is 7.95. The van der Waals surface area contributed by atoms with Crippen molar-refractivity contribution in [2.75, 3.05) is 12.3 Å². The lowest BCUT2D eigenvalue weighted by atomic mass is 10.1. The summed E-state index contributed by atoms with van der Waals surface area (Å²) in [6.07, 6.45) is 1.91. The number of para-hydroxylation sites is 1. The molecule has 0 radical (unpaired) electrons. The lowest BCUT2D eigenvalue weighted by Gasteiger charge is -2.23. The van der Waals surface area contributed by atoms with E-state index in [1.54, 1.807) is 0 Å². The SMILES string of the molecule is CCC(C)(C)OCCc1ccccc1N. The lowest BCUT2D eigenvalue weighted by Crippen LogP contribution is -2.24. The van der Waals surface area contributed by atoms with Crippen LogP contribution >= 0.6 is 0 Å². The fourth-order valence-electron chi connectivity index (χ4n) is 1.30. The van der Waals surface area contributed by atoms with Crippen LogP contribution in [0.25, 0.3) is 0 Å². The molecule has 0 fully saturated rings. The van der Waals surface area contributed by atoms with Gasteiger partial charge in [0, 0.05) is 5.69 Å². The molecule has 0 bridgehead atoms. The summed E-state index contributed by atoms with van der Waals surface area (Å²) in [5.41, 5.74) is 7.85. The molecule has 0 spiro atoms. The van der Waals surface area contributed by atoms with Crippen molar-refractivity contribution in [1.29, 1.82) is 0 Å². The molecule has 84 valence electrons. The molecule has 2 nitrogen and oxygen atoms in total. The molecule has 2 N–H and O–H groups in total. The number of hydrogen-bond acceptors (Lipinski definition) is 2. The molecule has 0 saturated carbocycles. The van der Waals surface area contributed by atoms with Gasteiger partial charge >= 0.3 is 0 Å². The van der Waals surface area contributed by atoms with Gasteiger partial charge < -0.3 is 10.5 Å². The molecule has 1 rings (SSSR count). The zero-order chi connectivity index (χ0) is 11.3. The average Bonchev–Trinajstić information content (AvgIpc) is 2.21. The van der Waals surface area contributed by atoms with E-state index in [1.165, 1.54) is 5.56 Å². The minimum absolute atomic E-state index is 0.0243. The second kappa shape index (κ2) is 5.17. The Bertz CT molecular complexity index is 307. The molecule has 0 aliphatic carbocycles. The maximum absolute atomic E-state index is 5.85. The quantitative estimate of drug-likeness (QED) is 0.753. The summed E-state index contributed by atoms with van der Waals surface area (Å²) in [6.45, 7) is 7.09. The smallest absolute Gasteiger partial charge is 0.0624 e. The van der Waals surface area contributed by atoms with E-state index >= 15 is 0 Å². The zero-order valence-electron chi connectivity index (χ0n) is 9.92. The van der Waals surface area contributed by atoms with E-state index in [1.807, 2.05) is 18.2 Å². The van der Waals surface area contributed by atoms with Gasteiger partial charge in [-0.05, 0) is 38.3 Å². The molecule has 0 aliphatic heterocycles. The van der Waals surface area contributed by atoms with Gasteiger partial charge in [-0.15, -0.1) is 0 Å². The minimum atomic E-state index is -0.0243. The lowest BCUT2D eigenvalue weighted by molar-refractivity contribution is -0.0182. The molecular formula is C13H21NO. The van der Waals surface area contributed by atoms with Crippen LogP contribution in [0.15, 0.2) is 24.3 Å². The molecule has 0 atom stereocenters.